The van der Waals surface area contributed by atoms with Crippen LogP contribution in [0.3, 0.4) is 0 Å². The van der Waals surface area contributed by atoms with Crippen LogP contribution < -0.4 is 5.01 Å². The SMILES string of the molecule is CC1=NN(c2ccc(C(=O)N(C)C(C)C(=O)O)cc2)CC1. The molecule has 0 aliphatic carbocycles. The summed E-state index contributed by atoms with van der Waals surface area (Å²) in [6, 6.07) is 6.20. The van der Waals surface area contributed by atoms with E-state index in [1.54, 1.807) is 12.1 Å². The van der Waals surface area contributed by atoms with Crippen LogP contribution >= 0.6 is 0 Å². The summed E-state index contributed by atoms with van der Waals surface area (Å²) in [5.41, 5.74) is 2.48. The average Bonchev–Trinajstić information content (AvgIpc) is 2.91. The first-order valence-corrected chi connectivity index (χ1v) is 6.82. The third-order valence-corrected chi connectivity index (χ3v) is 3.65. The monoisotopic (exact) mass is 289 g/mol. The molecule has 1 aliphatic rings. The van der Waals surface area contributed by atoms with Gasteiger partial charge >= 0.3 is 5.97 Å². The molecule has 0 radical (unpaired) electrons. The maximum Gasteiger partial charge on any atom is 0.326 e. The molecule has 1 heterocycles. The Hall–Kier alpha value is -2.37. The highest BCUT2D eigenvalue weighted by Gasteiger charge is 2.23. The summed E-state index contributed by atoms with van der Waals surface area (Å²) in [5, 5.41) is 15.2. The molecule has 0 spiro atoms. The Bertz CT molecular complexity index is 580. The van der Waals surface area contributed by atoms with Gasteiger partial charge in [-0.1, -0.05) is 0 Å². The number of carboxylic acids is 1. The number of likely N-dealkylation sites (N-methyl/N-ethyl adjacent to an activating group) is 1. The molecule has 21 heavy (non-hydrogen) atoms. The van der Waals surface area contributed by atoms with Crippen LogP contribution in [0, 0.1) is 0 Å². The van der Waals surface area contributed by atoms with Crippen LogP contribution in [0.4, 0.5) is 5.69 Å². The quantitative estimate of drug-likeness (QED) is 0.917. The molecule has 6 heteroatoms. The standard InChI is InChI=1S/C15H19N3O3/c1-10-8-9-18(16-10)13-6-4-12(5-7-13)14(19)17(3)11(2)15(20)21/h4-7,11H,8-9H2,1-3H3,(H,20,21). The van der Waals surface area contributed by atoms with E-state index >= 15 is 0 Å². The normalized spacial score (nSPS) is 15.6. The maximum atomic E-state index is 12.2. The van der Waals surface area contributed by atoms with E-state index in [1.807, 2.05) is 24.1 Å². The second-order valence-corrected chi connectivity index (χ2v) is 5.19. The summed E-state index contributed by atoms with van der Waals surface area (Å²) >= 11 is 0. The lowest BCUT2D eigenvalue weighted by Gasteiger charge is -2.22. The van der Waals surface area contributed by atoms with Crippen molar-refractivity contribution in [2.24, 2.45) is 5.10 Å². The van der Waals surface area contributed by atoms with Gasteiger partial charge in [0.15, 0.2) is 0 Å². The molecule has 0 fully saturated rings. The predicted octanol–water partition coefficient (Wildman–Crippen LogP) is 1.82. The molecule has 6 nitrogen and oxygen atoms in total. The minimum absolute atomic E-state index is 0.308. The number of hydrazone groups is 1. The summed E-state index contributed by atoms with van der Waals surface area (Å²) in [4.78, 5) is 24.3. The van der Waals surface area contributed by atoms with Gasteiger partial charge in [-0.15, -0.1) is 0 Å². The highest BCUT2D eigenvalue weighted by atomic mass is 16.4. The van der Waals surface area contributed by atoms with Crippen molar-refractivity contribution in [1.82, 2.24) is 4.90 Å². The van der Waals surface area contributed by atoms with Gasteiger partial charge in [0.1, 0.15) is 6.04 Å². The maximum absolute atomic E-state index is 12.2. The van der Waals surface area contributed by atoms with Gasteiger partial charge in [0.2, 0.25) is 0 Å². The predicted molar refractivity (Wildman–Crippen MR) is 80.7 cm³/mol. The van der Waals surface area contributed by atoms with E-state index in [0.29, 0.717) is 5.56 Å². The first-order chi connectivity index (χ1) is 9.90. The van der Waals surface area contributed by atoms with E-state index in [2.05, 4.69) is 5.10 Å². The highest BCUT2D eigenvalue weighted by molar-refractivity contribution is 5.96. The number of carboxylic acid groups (broad SMARTS) is 1. The van der Waals surface area contributed by atoms with Crippen LogP contribution in [0.2, 0.25) is 0 Å². The van der Waals surface area contributed by atoms with Crippen LogP contribution in [0.25, 0.3) is 0 Å². The summed E-state index contributed by atoms with van der Waals surface area (Å²) in [6.07, 6.45) is 0.944. The van der Waals surface area contributed by atoms with Gasteiger partial charge in [-0.25, -0.2) is 4.79 Å². The third kappa shape index (κ3) is 3.21. The molecule has 1 unspecified atom stereocenters. The number of aliphatic carboxylic acids is 1. The lowest BCUT2D eigenvalue weighted by molar-refractivity contribution is -0.141. The number of nitrogens with zero attached hydrogens (tertiary/aromatic N) is 3. The molecular weight excluding hydrogens is 270 g/mol. The van der Waals surface area contributed by atoms with Gasteiger partial charge in [0.05, 0.1) is 5.69 Å². The Balaban J connectivity index is 2.12. The molecule has 1 aromatic carbocycles. The van der Waals surface area contributed by atoms with Crippen molar-refractivity contribution < 1.29 is 14.7 Å². The van der Waals surface area contributed by atoms with Crippen molar-refractivity contribution in [1.29, 1.82) is 0 Å². The minimum Gasteiger partial charge on any atom is -0.480 e. The van der Waals surface area contributed by atoms with E-state index in [0.717, 1.165) is 24.4 Å². The number of benzene rings is 1. The Morgan fingerprint density at radius 3 is 2.43 bits per heavy atom. The number of hydrogen-bond donors (Lipinski definition) is 1. The zero-order valence-corrected chi connectivity index (χ0v) is 12.4. The van der Waals surface area contributed by atoms with E-state index in [4.69, 9.17) is 5.11 Å². The van der Waals surface area contributed by atoms with Gasteiger partial charge in [0, 0.05) is 31.3 Å². The third-order valence-electron chi connectivity index (χ3n) is 3.65. The molecule has 0 saturated heterocycles. The van der Waals surface area contributed by atoms with E-state index in [9.17, 15) is 9.59 Å². The van der Waals surface area contributed by atoms with Gasteiger partial charge in [0.25, 0.3) is 5.91 Å². The van der Waals surface area contributed by atoms with Crippen molar-refractivity contribution in [3.05, 3.63) is 29.8 Å². The largest absolute Gasteiger partial charge is 0.480 e. The topological polar surface area (TPSA) is 73.2 Å². The average molecular weight is 289 g/mol. The van der Waals surface area contributed by atoms with Gasteiger partial charge in [-0.2, -0.15) is 5.10 Å². The first-order valence-electron chi connectivity index (χ1n) is 6.82. The smallest absolute Gasteiger partial charge is 0.326 e. The Kier molecular flexibility index (Phi) is 4.26. The number of rotatable bonds is 4. The molecule has 0 aromatic heterocycles. The number of hydrogen-bond acceptors (Lipinski definition) is 4. The molecule has 112 valence electrons. The van der Waals surface area contributed by atoms with E-state index in [1.165, 1.54) is 18.9 Å². The Morgan fingerprint density at radius 2 is 1.95 bits per heavy atom. The van der Waals surface area contributed by atoms with Crippen LogP contribution in [0.5, 0.6) is 0 Å². The molecule has 0 bridgehead atoms. The zero-order chi connectivity index (χ0) is 15.6. The summed E-state index contributed by atoms with van der Waals surface area (Å²) in [7, 11) is 1.49. The van der Waals surface area contributed by atoms with Gasteiger partial charge in [-0.3, -0.25) is 9.80 Å². The van der Waals surface area contributed by atoms with Crippen molar-refractivity contribution in [3.8, 4) is 0 Å². The van der Waals surface area contributed by atoms with Crippen molar-refractivity contribution in [3.63, 3.8) is 0 Å². The molecule has 1 aromatic rings. The molecule has 1 atom stereocenters. The highest BCUT2D eigenvalue weighted by Crippen LogP contribution is 2.20. The fourth-order valence-corrected chi connectivity index (χ4v) is 2.08. The molecule has 0 saturated carbocycles. The number of anilines is 1. The van der Waals surface area contributed by atoms with Crippen LogP contribution in [-0.2, 0) is 4.79 Å². The fourth-order valence-electron chi connectivity index (χ4n) is 2.08. The van der Waals surface area contributed by atoms with Crippen LogP contribution in [0.1, 0.15) is 30.6 Å². The van der Waals surface area contributed by atoms with Crippen LogP contribution in [-0.4, -0.2) is 47.2 Å². The molecule has 1 aliphatic heterocycles. The lowest BCUT2D eigenvalue weighted by Crippen LogP contribution is -2.40. The fraction of sp³-hybridized carbons (Fsp3) is 0.400. The summed E-state index contributed by atoms with van der Waals surface area (Å²) in [5.74, 6) is -1.33. The van der Waals surface area contributed by atoms with Crippen molar-refractivity contribution >= 4 is 23.3 Å². The molecule has 2 rings (SSSR count). The molecule has 1 N–H and O–H groups in total. The second-order valence-electron chi connectivity index (χ2n) is 5.19. The van der Waals surface area contributed by atoms with Crippen LogP contribution in [0.15, 0.2) is 29.4 Å². The van der Waals surface area contributed by atoms with Crippen molar-refractivity contribution in [2.45, 2.75) is 26.3 Å². The van der Waals surface area contributed by atoms with Crippen molar-refractivity contribution in [2.75, 3.05) is 18.6 Å². The Labute approximate surface area is 123 Å². The zero-order valence-electron chi connectivity index (χ0n) is 12.4. The number of amides is 1. The van der Waals surface area contributed by atoms with E-state index < -0.39 is 12.0 Å². The lowest BCUT2D eigenvalue weighted by atomic mass is 10.1. The molecule has 1 amide bonds. The minimum atomic E-state index is -1.02. The summed E-state index contributed by atoms with van der Waals surface area (Å²) < 4.78 is 0. The second kappa shape index (κ2) is 5.95. The van der Waals surface area contributed by atoms with Gasteiger partial charge < -0.3 is 10.0 Å². The summed E-state index contributed by atoms with van der Waals surface area (Å²) in [6.45, 7) is 4.31. The van der Waals surface area contributed by atoms with E-state index in [-0.39, 0.29) is 5.91 Å². The Morgan fingerprint density at radius 1 is 1.33 bits per heavy atom. The first kappa shape index (κ1) is 15.0. The number of carbonyl (C=O) groups excluding carboxylic acids is 1. The molecular formula is C15H19N3O3. The number of carbonyl (C=O) groups is 2. The van der Waals surface area contributed by atoms with Gasteiger partial charge in [-0.05, 0) is 38.1 Å².